The Balaban J connectivity index is 1.91. The van der Waals surface area contributed by atoms with Crippen molar-refractivity contribution in [1.29, 1.82) is 0 Å². The van der Waals surface area contributed by atoms with E-state index in [-0.39, 0.29) is 19.1 Å². The van der Waals surface area contributed by atoms with Gasteiger partial charge in [0.2, 0.25) is 0 Å². The highest BCUT2D eigenvalue weighted by Gasteiger charge is 2.06. The smallest absolute Gasteiger partial charge is 0.262 e. The molecule has 0 aromatic heterocycles. The fourth-order valence-electron chi connectivity index (χ4n) is 1.65. The number of benzene rings is 2. The Bertz CT molecular complexity index is 601. The molecule has 0 unspecified atom stereocenters. The summed E-state index contributed by atoms with van der Waals surface area (Å²) in [5, 5.41) is 11.8. The quantitative estimate of drug-likeness (QED) is 0.883. The number of rotatable bonds is 5. The van der Waals surface area contributed by atoms with Gasteiger partial charge in [0.25, 0.3) is 5.91 Å². The third kappa shape index (κ3) is 4.08. The third-order valence-electron chi connectivity index (χ3n) is 2.59. The number of aliphatic hydroxyl groups is 1. The minimum atomic E-state index is -0.254. The third-order valence-corrected chi connectivity index (χ3v) is 3.24. The highest BCUT2D eigenvalue weighted by atomic mass is 79.9. The summed E-state index contributed by atoms with van der Waals surface area (Å²) in [6.45, 7) is -0.136. The zero-order valence-corrected chi connectivity index (χ0v) is 12.3. The van der Waals surface area contributed by atoms with Crippen LogP contribution in [0.25, 0.3) is 0 Å². The van der Waals surface area contributed by atoms with Crippen LogP contribution < -0.4 is 10.1 Å². The van der Waals surface area contributed by atoms with Crippen molar-refractivity contribution >= 4 is 27.5 Å². The molecule has 0 atom stereocenters. The normalized spacial score (nSPS) is 10.1. The number of amides is 1. The number of carbonyl (C=O) groups excluding carboxylic acids is 1. The number of anilines is 1. The highest BCUT2D eigenvalue weighted by molar-refractivity contribution is 9.10. The molecule has 0 saturated carbocycles. The van der Waals surface area contributed by atoms with Crippen LogP contribution in [0.1, 0.15) is 5.56 Å². The summed E-state index contributed by atoms with van der Waals surface area (Å²) in [5.74, 6) is 0.364. The zero-order valence-electron chi connectivity index (χ0n) is 10.7. The molecule has 104 valence electrons. The Morgan fingerprint density at radius 2 is 2.00 bits per heavy atom. The van der Waals surface area contributed by atoms with Gasteiger partial charge in [-0.05, 0) is 45.8 Å². The first-order valence-electron chi connectivity index (χ1n) is 6.06. The molecule has 0 aliphatic rings. The molecule has 2 rings (SSSR count). The number of para-hydroxylation sites is 1. The second-order valence-electron chi connectivity index (χ2n) is 4.13. The molecule has 5 heteroatoms. The van der Waals surface area contributed by atoms with Gasteiger partial charge in [-0.1, -0.05) is 24.3 Å². The van der Waals surface area contributed by atoms with Crippen LogP contribution in [0.15, 0.2) is 53.0 Å². The summed E-state index contributed by atoms with van der Waals surface area (Å²) >= 11 is 3.35. The van der Waals surface area contributed by atoms with Crippen molar-refractivity contribution < 1.29 is 14.6 Å². The Morgan fingerprint density at radius 1 is 1.20 bits per heavy atom. The van der Waals surface area contributed by atoms with Crippen molar-refractivity contribution in [3.8, 4) is 5.75 Å². The summed E-state index contributed by atoms with van der Waals surface area (Å²) in [4.78, 5) is 11.8. The number of aliphatic hydroxyl groups excluding tert-OH is 1. The van der Waals surface area contributed by atoms with Crippen LogP contribution in [-0.4, -0.2) is 17.6 Å². The van der Waals surface area contributed by atoms with E-state index in [0.29, 0.717) is 11.4 Å². The lowest BCUT2D eigenvalue weighted by atomic mass is 10.2. The average Bonchev–Trinajstić information content (AvgIpc) is 2.46. The lowest BCUT2D eigenvalue weighted by Gasteiger charge is -2.09. The zero-order chi connectivity index (χ0) is 14.4. The van der Waals surface area contributed by atoms with Crippen LogP contribution in [0.5, 0.6) is 5.75 Å². The molecule has 2 N–H and O–H groups in total. The summed E-state index contributed by atoms with van der Waals surface area (Å²) in [6, 6.07) is 14.4. The second kappa shape index (κ2) is 7.07. The molecule has 2 aromatic carbocycles. The van der Waals surface area contributed by atoms with E-state index in [1.165, 1.54) is 0 Å². The standard InChI is InChI=1S/C15H14BrNO3/c16-13-6-1-2-7-14(13)20-10-15(19)17-12-5-3-4-11(8-12)9-18/h1-8,18H,9-10H2,(H,17,19). The maximum Gasteiger partial charge on any atom is 0.262 e. The first-order valence-corrected chi connectivity index (χ1v) is 6.85. The Labute approximate surface area is 125 Å². The van der Waals surface area contributed by atoms with Gasteiger partial charge in [0, 0.05) is 5.69 Å². The van der Waals surface area contributed by atoms with Crippen LogP contribution in [-0.2, 0) is 11.4 Å². The summed E-state index contributed by atoms with van der Waals surface area (Å²) in [7, 11) is 0. The van der Waals surface area contributed by atoms with Gasteiger partial charge in [0.05, 0.1) is 11.1 Å². The molecule has 0 bridgehead atoms. The molecule has 4 nitrogen and oxygen atoms in total. The Hall–Kier alpha value is -1.85. The maximum absolute atomic E-state index is 11.8. The SMILES string of the molecule is O=C(COc1ccccc1Br)Nc1cccc(CO)c1. The van der Waals surface area contributed by atoms with E-state index in [2.05, 4.69) is 21.2 Å². The molecule has 0 heterocycles. The number of hydrogen-bond acceptors (Lipinski definition) is 3. The van der Waals surface area contributed by atoms with Gasteiger partial charge < -0.3 is 15.2 Å². The van der Waals surface area contributed by atoms with Gasteiger partial charge in [-0.2, -0.15) is 0 Å². The van der Waals surface area contributed by atoms with Gasteiger partial charge in [0.15, 0.2) is 6.61 Å². The highest BCUT2D eigenvalue weighted by Crippen LogP contribution is 2.23. The number of nitrogens with one attached hydrogen (secondary N) is 1. The van der Waals surface area contributed by atoms with E-state index in [4.69, 9.17) is 9.84 Å². The van der Waals surface area contributed by atoms with Crippen LogP contribution in [0.3, 0.4) is 0 Å². The predicted molar refractivity (Wildman–Crippen MR) is 80.6 cm³/mol. The van der Waals surface area contributed by atoms with Crippen molar-refractivity contribution in [2.75, 3.05) is 11.9 Å². The van der Waals surface area contributed by atoms with Crippen LogP contribution >= 0.6 is 15.9 Å². The van der Waals surface area contributed by atoms with Gasteiger partial charge >= 0.3 is 0 Å². The van der Waals surface area contributed by atoms with Crippen molar-refractivity contribution in [1.82, 2.24) is 0 Å². The molecule has 0 fully saturated rings. The molecule has 0 spiro atoms. The Kier molecular flexibility index (Phi) is 5.15. The molecule has 20 heavy (non-hydrogen) atoms. The molecular weight excluding hydrogens is 322 g/mol. The van der Waals surface area contributed by atoms with E-state index >= 15 is 0 Å². The minimum absolute atomic E-state index is 0.0584. The Morgan fingerprint density at radius 3 is 2.75 bits per heavy atom. The van der Waals surface area contributed by atoms with Gasteiger partial charge in [-0.15, -0.1) is 0 Å². The monoisotopic (exact) mass is 335 g/mol. The van der Waals surface area contributed by atoms with Crippen LogP contribution in [0, 0.1) is 0 Å². The first-order chi connectivity index (χ1) is 9.69. The topological polar surface area (TPSA) is 58.6 Å². The van der Waals surface area contributed by atoms with Gasteiger partial charge in [-0.3, -0.25) is 4.79 Å². The molecular formula is C15H14BrNO3. The summed E-state index contributed by atoms with van der Waals surface area (Å²) in [6.07, 6.45) is 0. The van der Waals surface area contributed by atoms with Gasteiger partial charge in [0.1, 0.15) is 5.75 Å². The number of ether oxygens (including phenoxy) is 1. The largest absolute Gasteiger partial charge is 0.483 e. The first kappa shape index (κ1) is 14.6. The average molecular weight is 336 g/mol. The molecule has 2 aromatic rings. The number of carbonyl (C=O) groups is 1. The van der Waals surface area contributed by atoms with Crippen molar-refractivity contribution in [3.05, 3.63) is 58.6 Å². The molecule has 0 radical (unpaired) electrons. The van der Waals surface area contributed by atoms with E-state index in [9.17, 15) is 4.79 Å². The van der Waals surface area contributed by atoms with Crippen molar-refractivity contribution in [2.24, 2.45) is 0 Å². The maximum atomic E-state index is 11.8. The van der Waals surface area contributed by atoms with Crippen LogP contribution in [0.2, 0.25) is 0 Å². The lowest BCUT2D eigenvalue weighted by Crippen LogP contribution is -2.20. The van der Waals surface area contributed by atoms with E-state index in [1.807, 2.05) is 18.2 Å². The fourth-order valence-corrected chi connectivity index (χ4v) is 2.05. The lowest BCUT2D eigenvalue weighted by molar-refractivity contribution is -0.118. The number of halogens is 1. The van der Waals surface area contributed by atoms with E-state index in [1.54, 1.807) is 30.3 Å². The van der Waals surface area contributed by atoms with Crippen molar-refractivity contribution in [2.45, 2.75) is 6.61 Å². The summed E-state index contributed by atoms with van der Waals surface area (Å²) < 4.78 is 6.22. The predicted octanol–water partition coefficient (Wildman–Crippen LogP) is 2.96. The number of hydrogen-bond donors (Lipinski definition) is 2. The fraction of sp³-hybridized carbons (Fsp3) is 0.133. The van der Waals surface area contributed by atoms with Crippen molar-refractivity contribution in [3.63, 3.8) is 0 Å². The summed E-state index contributed by atoms with van der Waals surface area (Å²) in [5.41, 5.74) is 1.38. The molecule has 0 aliphatic heterocycles. The minimum Gasteiger partial charge on any atom is -0.483 e. The molecule has 0 aliphatic carbocycles. The van der Waals surface area contributed by atoms with E-state index in [0.717, 1.165) is 10.0 Å². The molecule has 1 amide bonds. The van der Waals surface area contributed by atoms with Crippen LogP contribution in [0.4, 0.5) is 5.69 Å². The van der Waals surface area contributed by atoms with E-state index < -0.39 is 0 Å². The second-order valence-corrected chi connectivity index (χ2v) is 4.98. The van der Waals surface area contributed by atoms with Gasteiger partial charge in [-0.25, -0.2) is 0 Å². The molecule has 0 saturated heterocycles.